The van der Waals surface area contributed by atoms with Crippen molar-refractivity contribution in [3.63, 3.8) is 0 Å². The molecule has 116 valence electrons. The SMILES string of the molecule is Cl.O=C(CN1C[C@H]2CNC[C@H]2C1)Nc1ccc(Br)cc1F. The zero-order valence-corrected chi connectivity index (χ0v) is 13.8. The first-order valence-electron chi connectivity index (χ1n) is 6.80. The topological polar surface area (TPSA) is 44.4 Å². The van der Waals surface area contributed by atoms with Gasteiger partial charge in [-0.3, -0.25) is 9.69 Å². The molecule has 1 amide bonds. The Labute approximate surface area is 138 Å². The van der Waals surface area contributed by atoms with Crippen LogP contribution in [0.25, 0.3) is 0 Å². The van der Waals surface area contributed by atoms with Crippen molar-refractivity contribution in [1.29, 1.82) is 0 Å². The lowest BCUT2D eigenvalue weighted by molar-refractivity contribution is -0.117. The number of hydrogen-bond acceptors (Lipinski definition) is 3. The molecule has 1 aromatic rings. The first kappa shape index (κ1) is 16.7. The summed E-state index contributed by atoms with van der Waals surface area (Å²) in [7, 11) is 0. The van der Waals surface area contributed by atoms with Crippen LogP contribution in [0.2, 0.25) is 0 Å². The largest absolute Gasteiger partial charge is 0.322 e. The van der Waals surface area contributed by atoms with E-state index in [1.807, 2.05) is 0 Å². The predicted molar refractivity (Wildman–Crippen MR) is 86.3 cm³/mol. The van der Waals surface area contributed by atoms with Crippen LogP contribution in [0, 0.1) is 17.7 Å². The number of carbonyl (C=O) groups is 1. The minimum atomic E-state index is -0.421. The second-order valence-electron chi connectivity index (χ2n) is 5.54. The molecule has 2 aliphatic rings. The lowest BCUT2D eigenvalue weighted by atomic mass is 10.0. The number of hydrogen-bond donors (Lipinski definition) is 2. The minimum absolute atomic E-state index is 0. The maximum absolute atomic E-state index is 13.6. The zero-order valence-electron chi connectivity index (χ0n) is 11.4. The highest BCUT2D eigenvalue weighted by Crippen LogP contribution is 2.26. The Morgan fingerprint density at radius 3 is 2.67 bits per heavy atom. The van der Waals surface area contributed by atoms with Gasteiger partial charge in [-0.1, -0.05) is 15.9 Å². The minimum Gasteiger partial charge on any atom is -0.322 e. The molecule has 2 N–H and O–H groups in total. The maximum Gasteiger partial charge on any atom is 0.238 e. The highest BCUT2D eigenvalue weighted by molar-refractivity contribution is 9.10. The van der Waals surface area contributed by atoms with Crippen LogP contribution in [0.1, 0.15) is 0 Å². The van der Waals surface area contributed by atoms with Gasteiger partial charge in [-0.2, -0.15) is 0 Å². The summed E-state index contributed by atoms with van der Waals surface area (Å²) in [6, 6.07) is 4.63. The Hall–Kier alpha value is -0.690. The van der Waals surface area contributed by atoms with E-state index in [0.717, 1.165) is 26.2 Å². The van der Waals surface area contributed by atoms with Crippen molar-refractivity contribution < 1.29 is 9.18 Å². The molecule has 0 aliphatic carbocycles. The predicted octanol–water partition coefficient (Wildman–Crippen LogP) is 2.10. The number of amides is 1. The van der Waals surface area contributed by atoms with Crippen LogP contribution in [-0.2, 0) is 4.79 Å². The Kier molecular flexibility index (Phi) is 5.60. The number of rotatable bonds is 3. The van der Waals surface area contributed by atoms with Crippen molar-refractivity contribution >= 4 is 39.9 Å². The first-order chi connectivity index (χ1) is 9.61. The van der Waals surface area contributed by atoms with Gasteiger partial charge in [0.25, 0.3) is 0 Å². The molecule has 0 radical (unpaired) electrons. The number of benzene rings is 1. The molecular weight excluding hydrogens is 361 g/mol. The fraction of sp³-hybridized carbons (Fsp3) is 0.500. The monoisotopic (exact) mass is 377 g/mol. The molecule has 2 saturated heterocycles. The molecule has 21 heavy (non-hydrogen) atoms. The van der Waals surface area contributed by atoms with E-state index in [0.29, 0.717) is 22.9 Å². The van der Waals surface area contributed by atoms with E-state index in [9.17, 15) is 9.18 Å². The summed E-state index contributed by atoms with van der Waals surface area (Å²) >= 11 is 3.19. The molecule has 4 nitrogen and oxygen atoms in total. The summed E-state index contributed by atoms with van der Waals surface area (Å²) in [5, 5.41) is 6.01. The fourth-order valence-corrected chi connectivity index (χ4v) is 3.40. The molecule has 0 aromatic heterocycles. The molecule has 2 atom stereocenters. The maximum atomic E-state index is 13.6. The molecule has 0 unspecified atom stereocenters. The van der Waals surface area contributed by atoms with Crippen LogP contribution < -0.4 is 10.6 Å². The van der Waals surface area contributed by atoms with Crippen molar-refractivity contribution in [1.82, 2.24) is 10.2 Å². The Morgan fingerprint density at radius 1 is 1.38 bits per heavy atom. The molecule has 7 heteroatoms. The molecule has 2 heterocycles. The summed E-state index contributed by atoms with van der Waals surface area (Å²) in [6.07, 6.45) is 0. The van der Waals surface area contributed by atoms with Crippen molar-refractivity contribution in [2.24, 2.45) is 11.8 Å². The van der Waals surface area contributed by atoms with Gasteiger partial charge in [-0.25, -0.2) is 4.39 Å². The number of fused-ring (bicyclic) bond motifs is 1. The highest BCUT2D eigenvalue weighted by atomic mass is 79.9. The number of halogens is 3. The van der Waals surface area contributed by atoms with Gasteiger partial charge in [-0.15, -0.1) is 12.4 Å². The second-order valence-corrected chi connectivity index (χ2v) is 6.46. The van der Waals surface area contributed by atoms with Crippen molar-refractivity contribution in [2.45, 2.75) is 0 Å². The summed E-state index contributed by atoms with van der Waals surface area (Å²) in [5.41, 5.74) is 0.235. The van der Waals surface area contributed by atoms with Gasteiger partial charge in [0.05, 0.1) is 12.2 Å². The van der Waals surface area contributed by atoms with E-state index in [2.05, 4.69) is 31.5 Å². The summed E-state index contributed by atoms with van der Waals surface area (Å²) in [4.78, 5) is 14.1. The van der Waals surface area contributed by atoms with Gasteiger partial charge in [-0.05, 0) is 43.1 Å². The van der Waals surface area contributed by atoms with E-state index >= 15 is 0 Å². The number of likely N-dealkylation sites (tertiary alicyclic amines) is 1. The molecule has 0 bridgehead atoms. The fourth-order valence-electron chi connectivity index (χ4n) is 3.07. The molecule has 1 aromatic carbocycles. The smallest absolute Gasteiger partial charge is 0.238 e. The van der Waals surface area contributed by atoms with E-state index in [-0.39, 0.29) is 24.0 Å². The van der Waals surface area contributed by atoms with E-state index in [1.54, 1.807) is 12.1 Å². The Balaban J connectivity index is 0.00000161. The number of nitrogens with zero attached hydrogens (tertiary/aromatic N) is 1. The van der Waals surface area contributed by atoms with Crippen LogP contribution in [0.3, 0.4) is 0 Å². The third kappa shape index (κ3) is 3.94. The molecule has 0 saturated carbocycles. The van der Waals surface area contributed by atoms with E-state index in [4.69, 9.17) is 0 Å². The van der Waals surface area contributed by atoms with Crippen LogP contribution in [0.15, 0.2) is 22.7 Å². The Bertz CT molecular complexity index is 519. The third-order valence-corrected chi connectivity index (χ3v) is 4.53. The van der Waals surface area contributed by atoms with Crippen molar-refractivity contribution in [2.75, 3.05) is 38.0 Å². The summed E-state index contributed by atoms with van der Waals surface area (Å²) in [5.74, 6) is 0.744. The van der Waals surface area contributed by atoms with Crippen LogP contribution in [0.5, 0.6) is 0 Å². The first-order valence-corrected chi connectivity index (χ1v) is 7.59. The zero-order chi connectivity index (χ0) is 14.1. The van der Waals surface area contributed by atoms with Gasteiger partial charge in [0.1, 0.15) is 5.82 Å². The molecule has 0 spiro atoms. The van der Waals surface area contributed by atoms with E-state index in [1.165, 1.54) is 6.07 Å². The number of carbonyl (C=O) groups excluding carboxylic acids is 1. The molecule has 2 aliphatic heterocycles. The van der Waals surface area contributed by atoms with Crippen LogP contribution >= 0.6 is 28.3 Å². The average molecular weight is 379 g/mol. The Morgan fingerprint density at radius 2 is 2.05 bits per heavy atom. The van der Waals surface area contributed by atoms with Gasteiger partial charge >= 0.3 is 0 Å². The van der Waals surface area contributed by atoms with Gasteiger partial charge in [0, 0.05) is 17.6 Å². The normalized spacial score (nSPS) is 24.5. The highest BCUT2D eigenvalue weighted by Gasteiger charge is 2.36. The van der Waals surface area contributed by atoms with E-state index < -0.39 is 5.82 Å². The second kappa shape index (κ2) is 7.05. The molecular formula is C14H18BrClFN3O. The van der Waals surface area contributed by atoms with Gasteiger partial charge < -0.3 is 10.6 Å². The lowest BCUT2D eigenvalue weighted by Gasteiger charge is -2.16. The standard InChI is InChI=1S/C14H17BrFN3O.ClH/c15-11-1-2-13(12(16)3-11)18-14(20)8-19-6-9-4-17-5-10(9)7-19;/h1-3,9-10,17H,4-8H2,(H,18,20);1H/t9-,10+;. The summed E-state index contributed by atoms with van der Waals surface area (Å²) < 4.78 is 14.3. The number of anilines is 1. The molecule has 2 fully saturated rings. The van der Waals surface area contributed by atoms with Crippen molar-refractivity contribution in [3.05, 3.63) is 28.5 Å². The molecule has 3 rings (SSSR count). The van der Waals surface area contributed by atoms with Gasteiger partial charge in [0.2, 0.25) is 5.91 Å². The van der Waals surface area contributed by atoms with Crippen LogP contribution in [0.4, 0.5) is 10.1 Å². The van der Waals surface area contributed by atoms with Crippen molar-refractivity contribution in [3.8, 4) is 0 Å². The summed E-state index contributed by atoms with van der Waals surface area (Å²) in [6.45, 7) is 4.33. The van der Waals surface area contributed by atoms with Crippen LogP contribution in [-0.4, -0.2) is 43.5 Å². The van der Waals surface area contributed by atoms with Gasteiger partial charge in [0.15, 0.2) is 0 Å². The number of nitrogens with one attached hydrogen (secondary N) is 2. The average Bonchev–Trinajstić information content (AvgIpc) is 2.93. The lowest BCUT2D eigenvalue weighted by Crippen LogP contribution is -2.33. The quantitative estimate of drug-likeness (QED) is 0.847. The third-order valence-electron chi connectivity index (χ3n) is 4.04.